The van der Waals surface area contributed by atoms with Crippen LogP contribution in [0.3, 0.4) is 0 Å². The third kappa shape index (κ3) is 2.48. The van der Waals surface area contributed by atoms with Gasteiger partial charge in [-0.3, -0.25) is 0 Å². The van der Waals surface area contributed by atoms with Gasteiger partial charge in [0.25, 0.3) is 0 Å². The second-order valence-electron chi connectivity index (χ2n) is 7.75. The lowest BCUT2D eigenvalue weighted by molar-refractivity contribution is 0.465. The lowest BCUT2D eigenvalue weighted by Crippen LogP contribution is -2.27. The van der Waals surface area contributed by atoms with Crippen LogP contribution in [-0.4, -0.2) is 16.3 Å². The van der Waals surface area contributed by atoms with Crippen LogP contribution in [0, 0.1) is 0 Å². The molecule has 5 nitrogen and oxygen atoms in total. The highest BCUT2D eigenvalue weighted by molar-refractivity contribution is 5.90. The number of fused-ring (bicyclic) bond motifs is 5. The van der Waals surface area contributed by atoms with Crippen molar-refractivity contribution >= 4 is 16.6 Å². The number of hydrazine groups is 1. The van der Waals surface area contributed by atoms with Gasteiger partial charge in [0.2, 0.25) is 0 Å². The van der Waals surface area contributed by atoms with Crippen LogP contribution in [0.4, 0.5) is 5.69 Å². The van der Waals surface area contributed by atoms with Gasteiger partial charge >= 0.3 is 0 Å². The zero-order valence-corrected chi connectivity index (χ0v) is 16.0. The Morgan fingerprint density at radius 3 is 2.72 bits per heavy atom. The number of benzene rings is 3. The van der Waals surface area contributed by atoms with Crippen molar-refractivity contribution in [1.82, 2.24) is 15.4 Å². The molecule has 0 aliphatic carbocycles. The van der Waals surface area contributed by atoms with Crippen LogP contribution >= 0.6 is 0 Å². The van der Waals surface area contributed by atoms with E-state index >= 15 is 0 Å². The SMILES string of the molecule is Oc1c(CCc2ccccc2)ccc2c1-n1ccc3cccc(c31)C1NNCN21. The minimum atomic E-state index is 0.0307. The van der Waals surface area contributed by atoms with Crippen LogP contribution in [0.5, 0.6) is 5.75 Å². The molecule has 1 fully saturated rings. The van der Waals surface area contributed by atoms with Crippen LogP contribution in [0.1, 0.15) is 22.9 Å². The number of phenols is 1. The fraction of sp³-hybridized carbons (Fsp3) is 0.167. The van der Waals surface area contributed by atoms with E-state index in [9.17, 15) is 5.11 Å². The molecule has 3 heterocycles. The molecule has 0 spiro atoms. The van der Waals surface area contributed by atoms with Gasteiger partial charge in [-0.25, -0.2) is 10.9 Å². The normalized spacial score (nSPS) is 17.2. The second kappa shape index (κ2) is 6.37. The molecule has 2 aliphatic rings. The number of para-hydroxylation sites is 1. The standard InChI is InChI=1S/C24H22N4O/c29-23-18(10-9-16-5-2-1-3-6-16)11-12-20-22(23)27-14-13-17-7-4-8-19(21(17)27)24-26-25-15-28(20)24/h1-8,11-14,24-26,29H,9-10,15H2. The molecule has 0 amide bonds. The smallest absolute Gasteiger partial charge is 0.144 e. The number of phenolic OH excluding ortho intramolecular Hbond substituents is 1. The number of aryl methyl sites for hydroxylation is 2. The minimum Gasteiger partial charge on any atom is -0.505 e. The average molecular weight is 382 g/mol. The number of nitrogens with one attached hydrogen (secondary N) is 2. The van der Waals surface area contributed by atoms with Gasteiger partial charge in [-0.2, -0.15) is 0 Å². The Hall–Kier alpha value is -3.28. The molecule has 0 radical (unpaired) electrons. The average Bonchev–Trinajstić information content (AvgIpc) is 3.38. The van der Waals surface area contributed by atoms with Crippen molar-refractivity contribution in [3.63, 3.8) is 0 Å². The number of hydrogen-bond donors (Lipinski definition) is 3. The molecule has 2 aliphatic heterocycles. The third-order valence-corrected chi connectivity index (χ3v) is 6.13. The summed E-state index contributed by atoms with van der Waals surface area (Å²) in [5, 5.41) is 12.5. The fourth-order valence-corrected chi connectivity index (χ4v) is 4.70. The minimum absolute atomic E-state index is 0.0307. The van der Waals surface area contributed by atoms with E-state index in [-0.39, 0.29) is 6.17 Å². The maximum Gasteiger partial charge on any atom is 0.144 e. The first-order valence-corrected chi connectivity index (χ1v) is 10.1. The van der Waals surface area contributed by atoms with Gasteiger partial charge in [0.15, 0.2) is 0 Å². The van der Waals surface area contributed by atoms with Crippen LogP contribution in [-0.2, 0) is 12.8 Å². The van der Waals surface area contributed by atoms with Crippen molar-refractivity contribution in [2.24, 2.45) is 0 Å². The van der Waals surface area contributed by atoms with E-state index in [2.05, 4.69) is 87.2 Å². The lowest BCUT2D eigenvalue weighted by Gasteiger charge is -2.25. The van der Waals surface area contributed by atoms with E-state index in [4.69, 9.17) is 0 Å². The number of aromatic nitrogens is 1. The zero-order valence-electron chi connectivity index (χ0n) is 16.0. The molecule has 6 rings (SSSR count). The van der Waals surface area contributed by atoms with Crippen molar-refractivity contribution in [3.8, 4) is 11.4 Å². The monoisotopic (exact) mass is 382 g/mol. The summed E-state index contributed by atoms with van der Waals surface area (Å²) in [6.07, 6.45) is 3.81. The number of aromatic hydroxyl groups is 1. The number of rotatable bonds is 3. The molecular weight excluding hydrogens is 360 g/mol. The summed E-state index contributed by atoms with van der Waals surface area (Å²) in [5.74, 6) is 0.373. The Labute approximate surface area is 169 Å². The van der Waals surface area contributed by atoms with Gasteiger partial charge in [0.1, 0.15) is 17.6 Å². The van der Waals surface area contributed by atoms with Crippen molar-refractivity contribution < 1.29 is 5.11 Å². The van der Waals surface area contributed by atoms with Gasteiger partial charge in [-0.15, -0.1) is 0 Å². The zero-order chi connectivity index (χ0) is 19.4. The topological polar surface area (TPSA) is 52.5 Å². The van der Waals surface area contributed by atoms with Gasteiger partial charge in [-0.1, -0.05) is 54.6 Å². The molecule has 1 unspecified atom stereocenters. The van der Waals surface area contributed by atoms with Crippen LogP contribution < -0.4 is 15.8 Å². The Morgan fingerprint density at radius 1 is 0.931 bits per heavy atom. The maximum absolute atomic E-state index is 11.4. The third-order valence-electron chi connectivity index (χ3n) is 6.13. The Balaban J connectivity index is 1.51. The molecular formula is C24H22N4O. The van der Waals surface area contributed by atoms with Crippen molar-refractivity contribution in [2.75, 3.05) is 11.6 Å². The molecule has 0 bridgehead atoms. The van der Waals surface area contributed by atoms with Gasteiger partial charge in [0, 0.05) is 17.1 Å². The molecule has 1 aromatic heterocycles. The Morgan fingerprint density at radius 2 is 1.83 bits per heavy atom. The summed E-state index contributed by atoms with van der Waals surface area (Å²) in [7, 11) is 0. The van der Waals surface area contributed by atoms with E-state index in [1.54, 1.807) is 0 Å². The molecule has 1 saturated heterocycles. The van der Waals surface area contributed by atoms with E-state index in [1.165, 1.54) is 16.5 Å². The highest BCUT2D eigenvalue weighted by atomic mass is 16.3. The summed E-state index contributed by atoms with van der Waals surface area (Å²) in [6.45, 7) is 0.682. The van der Waals surface area contributed by atoms with Crippen molar-refractivity contribution in [3.05, 3.63) is 89.6 Å². The van der Waals surface area contributed by atoms with Gasteiger partial charge in [-0.05, 0) is 36.1 Å². The Bertz CT molecular complexity index is 1210. The van der Waals surface area contributed by atoms with Crippen LogP contribution in [0.2, 0.25) is 0 Å². The van der Waals surface area contributed by atoms with Crippen LogP contribution in [0.25, 0.3) is 16.6 Å². The number of hydrogen-bond acceptors (Lipinski definition) is 4. The van der Waals surface area contributed by atoms with Crippen molar-refractivity contribution in [2.45, 2.75) is 19.0 Å². The van der Waals surface area contributed by atoms with E-state index < -0.39 is 0 Å². The maximum atomic E-state index is 11.4. The first-order chi connectivity index (χ1) is 14.3. The van der Waals surface area contributed by atoms with Gasteiger partial charge < -0.3 is 14.6 Å². The number of anilines is 1. The summed E-state index contributed by atoms with van der Waals surface area (Å²) in [6, 6.07) is 23.2. The number of nitrogens with zero attached hydrogens (tertiary/aromatic N) is 2. The van der Waals surface area contributed by atoms with Crippen molar-refractivity contribution in [1.29, 1.82) is 0 Å². The van der Waals surface area contributed by atoms with E-state index in [0.717, 1.165) is 35.3 Å². The predicted molar refractivity (Wildman–Crippen MR) is 115 cm³/mol. The molecule has 1 atom stereocenters. The highest BCUT2D eigenvalue weighted by Gasteiger charge is 2.34. The first-order valence-electron chi connectivity index (χ1n) is 10.1. The molecule has 0 saturated carbocycles. The highest BCUT2D eigenvalue weighted by Crippen LogP contribution is 2.45. The van der Waals surface area contributed by atoms with Crippen LogP contribution in [0.15, 0.2) is 72.9 Å². The Kier molecular flexibility index (Phi) is 3.66. The quantitative estimate of drug-likeness (QED) is 0.501. The van der Waals surface area contributed by atoms with Gasteiger partial charge in [0.05, 0.1) is 17.9 Å². The summed E-state index contributed by atoms with van der Waals surface area (Å²) in [4.78, 5) is 2.28. The largest absolute Gasteiger partial charge is 0.505 e. The molecule has 3 aromatic carbocycles. The summed E-state index contributed by atoms with van der Waals surface area (Å²) in [5.41, 5.74) is 13.2. The molecule has 29 heavy (non-hydrogen) atoms. The van der Waals surface area contributed by atoms with E-state index in [0.29, 0.717) is 12.4 Å². The lowest BCUT2D eigenvalue weighted by atomic mass is 10.0. The summed E-state index contributed by atoms with van der Waals surface area (Å²) < 4.78 is 2.15. The predicted octanol–water partition coefficient (Wildman–Crippen LogP) is 4.01. The van der Waals surface area contributed by atoms with E-state index in [1.807, 2.05) is 6.07 Å². The fourth-order valence-electron chi connectivity index (χ4n) is 4.70. The summed E-state index contributed by atoms with van der Waals surface area (Å²) >= 11 is 0. The molecule has 4 aromatic rings. The molecule has 3 N–H and O–H groups in total. The molecule has 5 heteroatoms. The first kappa shape index (κ1) is 16.7. The molecule has 144 valence electrons. The second-order valence-corrected chi connectivity index (χ2v) is 7.75.